The van der Waals surface area contributed by atoms with Crippen LogP contribution in [0.4, 0.5) is 0 Å². The van der Waals surface area contributed by atoms with Crippen LogP contribution in [-0.4, -0.2) is 22.1 Å². The van der Waals surface area contributed by atoms with Gasteiger partial charge < -0.3 is 10.2 Å². The molecule has 1 saturated carbocycles. The molecule has 0 spiro atoms. The van der Waals surface area contributed by atoms with Crippen LogP contribution in [0, 0.1) is 5.92 Å². The van der Waals surface area contributed by atoms with E-state index < -0.39 is 0 Å². The summed E-state index contributed by atoms with van der Waals surface area (Å²) < 4.78 is 0. The van der Waals surface area contributed by atoms with Gasteiger partial charge in [-0.15, -0.1) is 11.8 Å². The van der Waals surface area contributed by atoms with Crippen LogP contribution in [0.15, 0.2) is 29.2 Å². The fourth-order valence-corrected chi connectivity index (χ4v) is 3.36. The first-order valence-corrected chi connectivity index (χ1v) is 7.33. The van der Waals surface area contributed by atoms with Gasteiger partial charge in [0, 0.05) is 10.6 Å². The predicted molar refractivity (Wildman–Crippen MR) is 71.4 cm³/mol. The van der Waals surface area contributed by atoms with Gasteiger partial charge in [-0.3, -0.25) is 0 Å². The topological polar surface area (TPSA) is 40.5 Å². The molecule has 1 aliphatic carbocycles. The smallest absolute Gasteiger partial charge is 0.129 e. The number of hydrogen-bond donors (Lipinski definition) is 2. The molecule has 2 rings (SSSR count). The molecule has 1 aliphatic rings. The zero-order chi connectivity index (χ0) is 12.1. The molecule has 1 fully saturated rings. The Labute approximate surface area is 107 Å². The van der Waals surface area contributed by atoms with Crippen LogP contribution < -0.4 is 0 Å². The molecule has 2 nitrogen and oxygen atoms in total. The van der Waals surface area contributed by atoms with E-state index in [1.165, 1.54) is 37.4 Å². The van der Waals surface area contributed by atoms with E-state index in [2.05, 4.69) is 0 Å². The first-order valence-electron chi connectivity index (χ1n) is 6.34. The van der Waals surface area contributed by atoms with Crippen molar-refractivity contribution in [1.82, 2.24) is 0 Å². The number of phenols is 1. The SMILES string of the molecule is Oc1ccccc1SCC(O)CC1CCCC1. The molecule has 0 amide bonds. The third kappa shape index (κ3) is 3.93. The average molecular weight is 252 g/mol. The van der Waals surface area contributed by atoms with Gasteiger partial charge in [0.2, 0.25) is 0 Å². The van der Waals surface area contributed by atoms with E-state index in [0.717, 1.165) is 17.2 Å². The number of thioether (sulfide) groups is 1. The number of benzene rings is 1. The van der Waals surface area contributed by atoms with Gasteiger partial charge in [-0.25, -0.2) is 0 Å². The third-order valence-electron chi connectivity index (χ3n) is 3.38. The normalized spacial score (nSPS) is 18.4. The number of hydrogen-bond acceptors (Lipinski definition) is 3. The lowest BCUT2D eigenvalue weighted by atomic mass is 10.0. The molecule has 0 aromatic heterocycles. The summed E-state index contributed by atoms with van der Waals surface area (Å²) in [6.07, 6.45) is 5.87. The van der Waals surface area contributed by atoms with Crippen LogP contribution in [-0.2, 0) is 0 Å². The lowest BCUT2D eigenvalue weighted by molar-refractivity contribution is 0.166. The summed E-state index contributed by atoms with van der Waals surface area (Å²) in [4.78, 5) is 0.859. The Kier molecular flexibility index (Phi) is 4.75. The van der Waals surface area contributed by atoms with Crippen molar-refractivity contribution >= 4 is 11.8 Å². The Hall–Kier alpha value is -0.670. The van der Waals surface area contributed by atoms with Crippen molar-refractivity contribution in [2.24, 2.45) is 5.92 Å². The molecular formula is C14H20O2S. The van der Waals surface area contributed by atoms with Gasteiger partial charge in [-0.05, 0) is 24.5 Å². The first kappa shape index (κ1) is 12.8. The zero-order valence-corrected chi connectivity index (χ0v) is 10.8. The number of aliphatic hydroxyl groups excluding tert-OH is 1. The molecule has 0 aliphatic heterocycles. The Balaban J connectivity index is 1.75. The molecule has 1 aromatic rings. The minimum atomic E-state index is -0.247. The number of phenolic OH excluding ortho intramolecular Hbond substituents is 1. The Bertz CT molecular complexity index is 348. The predicted octanol–water partition coefficient (Wildman–Crippen LogP) is 3.43. The van der Waals surface area contributed by atoms with E-state index in [4.69, 9.17) is 0 Å². The number of aromatic hydroxyl groups is 1. The molecule has 0 bridgehead atoms. The maximum absolute atomic E-state index is 9.96. The number of aliphatic hydroxyl groups is 1. The number of rotatable bonds is 5. The summed E-state index contributed by atoms with van der Waals surface area (Å²) in [6, 6.07) is 7.30. The van der Waals surface area contributed by atoms with Crippen molar-refractivity contribution in [3.05, 3.63) is 24.3 Å². The van der Waals surface area contributed by atoms with E-state index in [1.807, 2.05) is 18.2 Å². The summed E-state index contributed by atoms with van der Waals surface area (Å²) >= 11 is 1.54. The fourth-order valence-electron chi connectivity index (χ4n) is 2.46. The van der Waals surface area contributed by atoms with Crippen molar-refractivity contribution < 1.29 is 10.2 Å². The van der Waals surface area contributed by atoms with Gasteiger partial charge in [0.15, 0.2) is 0 Å². The highest BCUT2D eigenvalue weighted by molar-refractivity contribution is 7.99. The van der Waals surface area contributed by atoms with Crippen molar-refractivity contribution in [2.45, 2.75) is 43.1 Å². The van der Waals surface area contributed by atoms with Gasteiger partial charge in [0.05, 0.1) is 6.10 Å². The van der Waals surface area contributed by atoms with E-state index in [-0.39, 0.29) is 6.10 Å². The lowest BCUT2D eigenvalue weighted by Gasteiger charge is -2.15. The zero-order valence-electron chi connectivity index (χ0n) is 10.0. The third-order valence-corrected chi connectivity index (χ3v) is 4.58. The second-order valence-corrected chi connectivity index (χ2v) is 5.88. The fraction of sp³-hybridized carbons (Fsp3) is 0.571. The van der Waals surface area contributed by atoms with E-state index in [9.17, 15) is 10.2 Å². The van der Waals surface area contributed by atoms with Crippen LogP contribution in [0.5, 0.6) is 5.75 Å². The molecule has 0 saturated heterocycles. The molecule has 1 aromatic carbocycles. The first-order chi connectivity index (χ1) is 8.25. The van der Waals surface area contributed by atoms with Gasteiger partial charge in [0.25, 0.3) is 0 Å². The summed E-state index contributed by atoms with van der Waals surface area (Å²) in [5.41, 5.74) is 0. The molecular weight excluding hydrogens is 232 g/mol. The van der Waals surface area contributed by atoms with Crippen LogP contribution in [0.3, 0.4) is 0 Å². The standard InChI is InChI=1S/C14H20O2S/c15-12(9-11-5-1-2-6-11)10-17-14-8-4-3-7-13(14)16/h3-4,7-8,11-12,15-16H,1-2,5-6,9-10H2. The van der Waals surface area contributed by atoms with E-state index in [0.29, 0.717) is 11.5 Å². The molecule has 17 heavy (non-hydrogen) atoms. The highest BCUT2D eigenvalue weighted by atomic mass is 32.2. The highest BCUT2D eigenvalue weighted by Crippen LogP contribution is 2.32. The molecule has 94 valence electrons. The van der Waals surface area contributed by atoms with E-state index in [1.54, 1.807) is 6.07 Å². The van der Waals surface area contributed by atoms with Gasteiger partial charge in [-0.1, -0.05) is 37.8 Å². The Morgan fingerprint density at radius 2 is 1.94 bits per heavy atom. The van der Waals surface area contributed by atoms with Gasteiger partial charge in [0.1, 0.15) is 5.75 Å². The van der Waals surface area contributed by atoms with Crippen LogP contribution >= 0.6 is 11.8 Å². The van der Waals surface area contributed by atoms with Crippen LogP contribution in [0.1, 0.15) is 32.1 Å². The summed E-state index contributed by atoms with van der Waals surface area (Å²) in [5, 5.41) is 19.6. The average Bonchev–Trinajstić information content (AvgIpc) is 2.81. The maximum Gasteiger partial charge on any atom is 0.129 e. The van der Waals surface area contributed by atoms with Crippen LogP contribution in [0.2, 0.25) is 0 Å². The van der Waals surface area contributed by atoms with E-state index >= 15 is 0 Å². The second-order valence-electron chi connectivity index (χ2n) is 4.82. The van der Waals surface area contributed by atoms with Crippen molar-refractivity contribution in [2.75, 3.05) is 5.75 Å². The summed E-state index contributed by atoms with van der Waals surface area (Å²) in [6.45, 7) is 0. The van der Waals surface area contributed by atoms with Crippen molar-refractivity contribution in [3.8, 4) is 5.75 Å². The number of para-hydroxylation sites is 1. The molecule has 0 heterocycles. The van der Waals surface area contributed by atoms with Gasteiger partial charge >= 0.3 is 0 Å². The quantitative estimate of drug-likeness (QED) is 0.789. The van der Waals surface area contributed by atoms with Gasteiger partial charge in [-0.2, -0.15) is 0 Å². The summed E-state index contributed by atoms with van der Waals surface area (Å²) in [5.74, 6) is 1.70. The second kappa shape index (κ2) is 6.31. The molecule has 1 unspecified atom stereocenters. The van der Waals surface area contributed by atoms with Crippen molar-refractivity contribution in [1.29, 1.82) is 0 Å². The minimum Gasteiger partial charge on any atom is -0.507 e. The molecule has 3 heteroatoms. The molecule has 0 radical (unpaired) electrons. The van der Waals surface area contributed by atoms with Crippen molar-refractivity contribution in [3.63, 3.8) is 0 Å². The summed E-state index contributed by atoms with van der Waals surface area (Å²) in [7, 11) is 0. The largest absolute Gasteiger partial charge is 0.507 e. The maximum atomic E-state index is 9.96. The highest BCUT2D eigenvalue weighted by Gasteiger charge is 2.19. The van der Waals surface area contributed by atoms with Crippen LogP contribution in [0.25, 0.3) is 0 Å². The monoisotopic (exact) mass is 252 g/mol. The Morgan fingerprint density at radius 3 is 2.65 bits per heavy atom. The Morgan fingerprint density at radius 1 is 1.24 bits per heavy atom. The minimum absolute atomic E-state index is 0.247. The lowest BCUT2D eigenvalue weighted by Crippen LogP contribution is -2.14. The molecule has 2 N–H and O–H groups in total. The molecule has 1 atom stereocenters.